The standard InChI is InChI=1S/C17H15FN4OS/c1-2-23-14-8-5-7-12(10-14)16-20-21-17(24)22(16)19-11-13-6-3-4-9-15(13)18/h3-11H,2H2,1H3,(H,21,24)/b19-11-. The third-order valence-corrected chi connectivity index (χ3v) is 3.54. The number of benzene rings is 2. The summed E-state index contributed by atoms with van der Waals surface area (Å²) in [6.07, 6.45) is 1.41. The number of H-pyrrole nitrogens is 1. The number of nitrogens with one attached hydrogen (secondary N) is 1. The molecule has 5 nitrogen and oxygen atoms in total. The molecule has 0 amide bonds. The zero-order chi connectivity index (χ0) is 16.9. The molecule has 7 heteroatoms. The lowest BCUT2D eigenvalue weighted by Crippen LogP contribution is -1.97. The summed E-state index contributed by atoms with van der Waals surface area (Å²) in [7, 11) is 0. The summed E-state index contributed by atoms with van der Waals surface area (Å²) in [5, 5.41) is 11.2. The van der Waals surface area contributed by atoms with Gasteiger partial charge >= 0.3 is 0 Å². The molecule has 1 N–H and O–H groups in total. The highest BCUT2D eigenvalue weighted by molar-refractivity contribution is 7.71. The molecule has 0 fully saturated rings. The highest BCUT2D eigenvalue weighted by atomic mass is 32.1. The monoisotopic (exact) mass is 342 g/mol. The van der Waals surface area contributed by atoms with E-state index in [9.17, 15) is 4.39 Å². The van der Waals surface area contributed by atoms with Crippen LogP contribution in [0.25, 0.3) is 11.4 Å². The van der Waals surface area contributed by atoms with Gasteiger partial charge in [-0.3, -0.25) is 0 Å². The Bertz CT molecular complexity index is 932. The quantitative estimate of drug-likeness (QED) is 0.563. The lowest BCUT2D eigenvalue weighted by atomic mass is 10.2. The molecule has 0 aliphatic heterocycles. The average molecular weight is 342 g/mol. The first-order valence-electron chi connectivity index (χ1n) is 7.38. The van der Waals surface area contributed by atoms with E-state index in [0.29, 0.717) is 22.8 Å². The number of hydrogen-bond donors (Lipinski definition) is 1. The number of halogens is 1. The van der Waals surface area contributed by atoms with E-state index < -0.39 is 0 Å². The molecule has 1 aromatic heterocycles. The zero-order valence-corrected chi connectivity index (χ0v) is 13.8. The second kappa shape index (κ2) is 7.18. The van der Waals surface area contributed by atoms with Gasteiger partial charge in [0.2, 0.25) is 4.77 Å². The molecule has 1 heterocycles. The van der Waals surface area contributed by atoms with E-state index in [0.717, 1.165) is 11.3 Å². The molecule has 0 aliphatic rings. The van der Waals surface area contributed by atoms with Crippen molar-refractivity contribution in [2.45, 2.75) is 6.92 Å². The summed E-state index contributed by atoms with van der Waals surface area (Å²) in [6, 6.07) is 13.8. The highest BCUT2D eigenvalue weighted by Gasteiger charge is 2.09. The van der Waals surface area contributed by atoms with Crippen LogP contribution in [0.3, 0.4) is 0 Å². The third-order valence-electron chi connectivity index (χ3n) is 3.27. The van der Waals surface area contributed by atoms with Crippen LogP contribution in [0.1, 0.15) is 12.5 Å². The predicted octanol–water partition coefficient (Wildman–Crippen LogP) is 4.03. The van der Waals surface area contributed by atoms with Gasteiger partial charge in [0.05, 0.1) is 12.8 Å². The summed E-state index contributed by atoms with van der Waals surface area (Å²) in [5.41, 5.74) is 1.16. The minimum Gasteiger partial charge on any atom is -0.494 e. The Labute approximate surface area is 143 Å². The summed E-state index contributed by atoms with van der Waals surface area (Å²) in [5.74, 6) is 0.902. The van der Waals surface area contributed by atoms with Gasteiger partial charge < -0.3 is 4.74 Å². The fourth-order valence-electron chi connectivity index (χ4n) is 2.18. The van der Waals surface area contributed by atoms with E-state index in [1.165, 1.54) is 17.0 Å². The fourth-order valence-corrected chi connectivity index (χ4v) is 2.36. The smallest absolute Gasteiger partial charge is 0.216 e. The number of rotatable bonds is 5. The molecular formula is C17H15FN4OS. The second-order valence-electron chi connectivity index (χ2n) is 4.89. The van der Waals surface area contributed by atoms with Gasteiger partial charge in [-0.05, 0) is 37.3 Å². The van der Waals surface area contributed by atoms with E-state index in [1.807, 2.05) is 31.2 Å². The zero-order valence-electron chi connectivity index (χ0n) is 12.9. The van der Waals surface area contributed by atoms with Crippen LogP contribution in [0.5, 0.6) is 5.75 Å². The molecule has 0 unspecified atom stereocenters. The summed E-state index contributed by atoms with van der Waals surface area (Å²) in [4.78, 5) is 0. The van der Waals surface area contributed by atoms with Crippen LogP contribution in [0.15, 0.2) is 53.6 Å². The first kappa shape index (κ1) is 16.1. The topological polar surface area (TPSA) is 55.2 Å². The lowest BCUT2D eigenvalue weighted by molar-refractivity contribution is 0.340. The minimum absolute atomic E-state index is 0.319. The number of aromatic nitrogens is 3. The Morgan fingerprint density at radius 1 is 1.29 bits per heavy atom. The third kappa shape index (κ3) is 3.41. The normalized spacial score (nSPS) is 11.1. The molecule has 0 bridgehead atoms. The Kier molecular flexibility index (Phi) is 4.81. The maximum atomic E-state index is 13.7. The molecule has 2 aromatic carbocycles. The van der Waals surface area contributed by atoms with Crippen LogP contribution >= 0.6 is 12.2 Å². The van der Waals surface area contributed by atoms with Gasteiger partial charge in [0, 0.05) is 11.1 Å². The molecular weight excluding hydrogens is 327 g/mol. The number of hydrogen-bond acceptors (Lipinski definition) is 4. The lowest BCUT2D eigenvalue weighted by Gasteiger charge is -2.05. The van der Waals surface area contributed by atoms with Crippen LogP contribution in [0, 0.1) is 10.6 Å². The van der Waals surface area contributed by atoms with Gasteiger partial charge in [-0.25, -0.2) is 9.49 Å². The van der Waals surface area contributed by atoms with Gasteiger partial charge in [0.25, 0.3) is 0 Å². The average Bonchev–Trinajstić information content (AvgIpc) is 2.96. The molecule has 0 spiro atoms. The Morgan fingerprint density at radius 3 is 2.92 bits per heavy atom. The first-order chi connectivity index (χ1) is 11.7. The van der Waals surface area contributed by atoms with E-state index in [4.69, 9.17) is 17.0 Å². The maximum Gasteiger partial charge on any atom is 0.216 e. The second-order valence-corrected chi connectivity index (χ2v) is 5.28. The predicted molar refractivity (Wildman–Crippen MR) is 93.4 cm³/mol. The van der Waals surface area contributed by atoms with E-state index in [2.05, 4.69) is 15.3 Å². The molecule has 0 aliphatic carbocycles. The molecule has 0 saturated heterocycles. The van der Waals surface area contributed by atoms with Crippen LogP contribution in [-0.4, -0.2) is 27.7 Å². The van der Waals surface area contributed by atoms with Crippen LogP contribution in [-0.2, 0) is 0 Å². The van der Waals surface area contributed by atoms with Crippen molar-refractivity contribution in [1.29, 1.82) is 0 Å². The Balaban J connectivity index is 1.99. The number of aromatic amines is 1. The van der Waals surface area contributed by atoms with E-state index in [-0.39, 0.29) is 5.82 Å². The van der Waals surface area contributed by atoms with Gasteiger partial charge in [-0.15, -0.1) is 0 Å². The molecule has 0 radical (unpaired) electrons. The molecule has 0 atom stereocenters. The first-order valence-corrected chi connectivity index (χ1v) is 7.79. The largest absolute Gasteiger partial charge is 0.494 e. The molecule has 3 aromatic rings. The van der Waals surface area contributed by atoms with Gasteiger partial charge in [-0.2, -0.15) is 14.9 Å². The van der Waals surface area contributed by atoms with Crippen molar-refractivity contribution >= 4 is 18.4 Å². The number of nitrogens with zero attached hydrogens (tertiary/aromatic N) is 3. The van der Waals surface area contributed by atoms with Crippen molar-refractivity contribution in [3.05, 3.63) is 64.7 Å². The summed E-state index contributed by atoms with van der Waals surface area (Å²) < 4.78 is 21.0. The van der Waals surface area contributed by atoms with Gasteiger partial charge in [-0.1, -0.05) is 30.3 Å². The Morgan fingerprint density at radius 2 is 2.12 bits per heavy atom. The van der Waals surface area contributed by atoms with Gasteiger partial charge in [0.15, 0.2) is 5.82 Å². The van der Waals surface area contributed by atoms with E-state index in [1.54, 1.807) is 18.2 Å². The minimum atomic E-state index is -0.351. The van der Waals surface area contributed by atoms with Crippen LogP contribution in [0.4, 0.5) is 4.39 Å². The van der Waals surface area contributed by atoms with E-state index >= 15 is 0 Å². The van der Waals surface area contributed by atoms with Crippen LogP contribution in [0.2, 0.25) is 0 Å². The van der Waals surface area contributed by atoms with Crippen molar-refractivity contribution in [3.8, 4) is 17.1 Å². The summed E-state index contributed by atoms with van der Waals surface area (Å²) in [6.45, 7) is 2.49. The van der Waals surface area contributed by atoms with Crippen molar-refractivity contribution in [1.82, 2.24) is 14.9 Å². The maximum absolute atomic E-state index is 13.7. The van der Waals surface area contributed by atoms with Crippen molar-refractivity contribution in [3.63, 3.8) is 0 Å². The molecule has 122 valence electrons. The number of ether oxygens (including phenoxy) is 1. The van der Waals surface area contributed by atoms with Crippen molar-refractivity contribution in [2.75, 3.05) is 6.61 Å². The molecule has 3 rings (SSSR count). The molecule has 0 saturated carbocycles. The Hall–Kier alpha value is -2.80. The SMILES string of the molecule is CCOc1cccc(-c2n[nH]c(=S)n2/N=C\c2ccccc2F)c1. The molecule has 24 heavy (non-hydrogen) atoms. The van der Waals surface area contributed by atoms with Crippen molar-refractivity contribution in [2.24, 2.45) is 5.10 Å². The summed E-state index contributed by atoms with van der Waals surface area (Å²) >= 11 is 5.21. The fraction of sp³-hybridized carbons (Fsp3) is 0.118. The van der Waals surface area contributed by atoms with Crippen LogP contribution < -0.4 is 4.74 Å². The highest BCUT2D eigenvalue weighted by Crippen LogP contribution is 2.22. The van der Waals surface area contributed by atoms with Gasteiger partial charge in [0.1, 0.15) is 11.6 Å². The van der Waals surface area contributed by atoms with Crippen molar-refractivity contribution < 1.29 is 9.13 Å².